The number of halogens is 1. The normalized spacial score (nSPS) is 28.7. The van der Waals surface area contributed by atoms with Crippen LogP contribution in [0.15, 0.2) is 22.7 Å². The predicted molar refractivity (Wildman–Crippen MR) is 82.1 cm³/mol. The van der Waals surface area contributed by atoms with Crippen LogP contribution in [0.4, 0.5) is 0 Å². The molecule has 0 radical (unpaired) electrons. The Morgan fingerprint density at radius 1 is 1.38 bits per heavy atom. The Morgan fingerprint density at radius 3 is 3.00 bits per heavy atom. The average molecular weight is 350 g/mol. The molecule has 0 saturated carbocycles. The largest absolute Gasteiger partial charge is 0.465 e. The molecule has 0 amide bonds. The monoisotopic (exact) mass is 349 g/mol. The molecule has 1 aromatic carbocycles. The topological polar surface area (TPSA) is 51.3 Å². The summed E-state index contributed by atoms with van der Waals surface area (Å²) >= 11 is 3.53. The van der Waals surface area contributed by atoms with Gasteiger partial charge in [0.1, 0.15) is 5.60 Å². The molecular formula is C16H16BrNO3. The number of carbonyl (C=O) groups is 1. The highest BCUT2D eigenvalue weighted by Gasteiger charge is 2.49. The Morgan fingerprint density at radius 2 is 2.24 bits per heavy atom. The Labute approximate surface area is 130 Å². The quantitative estimate of drug-likeness (QED) is 0.803. The zero-order chi connectivity index (χ0) is 14.6. The number of rotatable bonds is 1. The third-order valence-corrected chi connectivity index (χ3v) is 5.21. The van der Waals surface area contributed by atoms with Crippen molar-refractivity contribution < 1.29 is 14.3 Å². The SMILES string of the molecule is C[C@@]1([C@@H]2CCOC2=O)OCCc2c1[nH]c1ccc(Br)cc21. The standard InChI is InChI=1S/C16H16BrNO3/c1-16(12-5-6-20-15(12)19)14-10(4-7-21-16)11-8-9(17)2-3-13(11)18-14/h2-3,8,12,18H,4-7H2,1H3/t12-,16+/m1/s1. The fourth-order valence-electron chi connectivity index (χ4n) is 3.61. The first-order chi connectivity index (χ1) is 10.1. The van der Waals surface area contributed by atoms with E-state index >= 15 is 0 Å². The number of nitrogens with one attached hydrogen (secondary N) is 1. The van der Waals surface area contributed by atoms with Gasteiger partial charge in [0.2, 0.25) is 0 Å². The van der Waals surface area contributed by atoms with Crippen LogP contribution in [-0.2, 0) is 26.3 Å². The highest BCUT2D eigenvalue weighted by molar-refractivity contribution is 9.10. The summed E-state index contributed by atoms with van der Waals surface area (Å²) in [7, 11) is 0. The fraction of sp³-hybridized carbons (Fsp3) is 0.438. The maximum absolute atomic E-state index is 12.0. The van der Waals surface area contributed by atoms with Crippen molar-refractivity contribution >= 4 is 32.8 Å². The Kier molecular flexibility index (Phi) is 2.91. The van der Waals surface area contributed by atoms with Gasteiger partial charge in [0, 0.05) is 15.4 Å². The van der Waals surface area contributed by atoms with Crippen molar-refractivity contribution in [2.45, 2.75) is 25.4 Å². The highest BCUT2D eigenvalue weighted by atomic mass is 79.9. The summed E-state index contributed by atoms with van der Waals surface area (Å²) in [5, 5.41) is 1.21. The summed E-state index contributed by atoms with van der Waals surface area (Å²) in [6.45, 7) is 3.13. The summed E-state index contributed by atoms with van der Waals surface area (Å²) in [6, 6.07) is 6.21. The molecule has 2 aromatic rings. The molecule has 1 aromatic heterocycles. The van der Waals surface area contributed by atoms with Crippen LogP contribution < -0.4 is 0 Å². The van der Waals surface area contributed by atoms with Gasteiger partial charge in [0.25, 0.3) is 0 Å². The molecule has 3 heterocycles. The number of cyclic esters (lactones) is 1. The number of ether oxygens (including phenoxy) is 2. The molecule has 0 spiro atoms. The molecular weight excluding hydrogens is 334 g/mol. The van der Waals surface area contributed by atoms with Crippen LogP contribution in [0.25, 0.3) is 10.9 Å². The minimum atomic E-state index is -0.618. The number of aromatic nitrogens is 1. The molecule has 2 aliphatic heterocycles. The molecule has 0 bridgehead atoms. The number of hydrogen-bond donors (Lipinski definition) is 1. The van der Waals surface area contributed by atoms with Gasteiger partial charge >= 0.3 is 5.97 Å². The maximum atomic E-state index is 12.0. The molecule has 0 unspecified atom stereocenters. The third-order valence-electron chi connectivity index (χ3n) is 4.72. The van der Waals surface area contributed by atoms with Crippen LogP contribution >= 0.6 is 15.9 Å². The van der Waals surface area contributed by atoms with Gasteiger partial charge in [-0.25, -0.2) is 0 Å². The van der Waals surface area contributed by atoms with Gasteiger partial charge in [-0.2, -0.15) is 0 Å². The molecule has 5 heteroatoms. The van der Waals surface area contributed by atoms with E-state index in [0.717, 1.165) is 22.1 Å². The maximum Gasteiger partial charge on any atom is 0.312 e. The Bertz CT molecular complexity index is 738. The molecule has 4 nitrogen and oxygen atoms in total. The van der Waals surface area contributed by atoms with E-state index < -0.39 is 5.60 Å². The lowest BCUT2D eigenvalue weighted by atomic mass is 9.81. The van der Waals surface area contributed by atoms with Crippen molar-refractivity contribution in [2.24, 2.45) is 5.92 Å². The van der Waals surface area contributed by atoms with E-state index in [1.165, 1.54) is 10.9 Å². The van der Waals surface area contributed by atoms with Crippen LogP contribution in [-0.4, -0.2) is 24.2 Å². The second-order valence-electron chi connectivity index (χ2n) is 5.88. The Balaban J connectivity index is 1.91. The van der Waals surface area contributed by atoms with Crippen molar-refractivity contribution in [1.29, 1.82) is 0 Å². The van der Waals surface area contributed by atoms with Crippen molar-refractivity contribution in [3.63, 3.8) is 0 Å². The smallest absolute Gasteiger partial charge is 0.312 e. The average Bonchev–Trinajstić information content (AvgIpc) is 3.04. The lowest BCUT2D eigenvalue weighted by molar-refractivity contribution is -0.154. The number of H-pyrrole nitrogens is 1. The van der Waals surface area contributed by atoms with Crippen LogP contribution in [0.1, 0.15) is 24.6 Å². The first-order valence-corrected chi connectivity index (χ1v) is 8.00. The van der Waals surface area contributed by atoms with E-state index in [4.69, 9.17) is 9.47 Å². The molecule has 21 heavy (non-hydrogen) atoms. The Hall–Kier alpha value is -1.33. The molecule has 1 fully saturated rings. The molecule has 1 N–H and O–H groups in total. The van der Waals surface area contributed by atoms with Crippen LogP contribution in [0.5, 0.6) is 0 Å². The number of esters is 1. The summed E-state index contributed by atoms with van der Waals surface area (Å²) in [4.78, 5) is 15.5. The molecule has 4 rings (SSSR count). The van der Waals surface area contributed by atoms with E-state index in [9.17, 15) is 4.79 Å². The van der Waals surface area contributed by atoms with Gasteiger partial charge in [-0.1, -0.05) is 15.9 Å². The predicted octanol–water partition coefficient (Wildman–Crippen LogP) is 3.28. The minimum absolute atomic E-state index is 0.148. The van der Waals surface area contributed by atoms with E-state index in [1.807, 2.05) is 13.0 Å². The van der Waals surface area contributed by atoms with Gasteiger partial charge in [0.15, 0.2) is 0 Å². The molecule has 0 aliphatic carbocycles. The van der Waals surface area contributed by atoms with Crippen molar-refractivity contribution in [3.8, 4) is 0 Å². The summed E-state index contributed by atoms with van der Waals surface area (Å²) < 4.78 is 12.3. The van der Waals surface area contributed by atoms with Gasteiger partial charge in [-0.3, -0.25) is 4.79 Å². The first kappa shape index (κ1) is 13.3. The zero-order valence-corrected chi connectivity index (χ0v) is 13.3. The van der Waals surface area contributed by atoms with Gasteiger partial charge in [-0.15, -0.1) is 0 Å². The van der Waals surface area contributed by atoms with Crippen LogP contribution in [0.3, 0.4) is 0 Å². The van der Waals surface area contributed by atoms with Crippen molar-refractivity contribution in [2.75, 3.05) is 13.2 Å². The summed E-state index contributed by atoms with van der Waals surface area (Å²) in [5.41, 5.74) is 2.77. The summed E-state index contributed by atoms with van der Waals surface area (Å²) in [5.74, 6) is -0.377. The van der Waals surface area contributed by atoms with Gasteiger partial charge in [-0.05, 0) is 43.5 Å². The fourth-order valence-corrected chi connectivity index (χ4v) is 3.97. The van der Waals surface area contributed by atoms with Crippen LogP contribution in [0.2, 0.25) is 0 Å². The third kappa shape index (κ3) is 1.87. The number of hydrogen-bond acceptors (Lipinski definition) is 3. The van der Waals surface area contributed by atoms with Gasteiger partial charge in [0.05, 0.1) is 24.8 Å². The first-order valence-electron chi connectivity index (χ1n) is 7.21. The second kappa shape index (κ2) is 4.58. The van der Waals surface area contributed by atoms with Crippen molar-refractivity contribution in [3.05, 3.63) is 33.9 Å². The van der Waals surface area contributed by atoms with Gasteiger partial charge < -0.3 is 14.5 Å². The van der Waals surface area contributed by atoms with E-state index in [-0.39, 0.29) is 11.9 Å². The number of benzene rings is 1. The second-order valence-corrected chi connectivity index (χ2v) is 6.80. The number of fused-ring (bicyclic) bond motifs is 3. The molecule has 1 saturated heterocycles. The zero-order valence-electron chi connectivity index (χ0n) is 11.7. The molecule has 110 valence electrons. The van der Waals surface area contributed by atoms with Crippen LogP contribution in [0, 0.1) is 5.92 Å². The number of aromatic amines is 1. The van der Waals surface area contributed by atoms with E-state index in [0.29, 0.717) is 19.6 Å². The number of carbonyl (C=O) groups excluding carboxylic acids is 1. The highest BCUT2D eigenvalue weighted by Crippen LogP contribution is 2.44. The van der Waals surface area contributed by atoms with Crippen molar-refractivity contribution in [1.82, 2.24) is 4.98 Å². The minimum Gasteiger partial charge on any atom is -0.465 e. The molecule has 2 aliphatic rings. The lowest BCUT2D eigenvalue weighted by Gasteiger charge is -2.37. The van der Waals surface area contributed by atoms with E-state index in [1.54, 1.807) is 0 Å². The van der Waals surface area contributed by atoms with E-state index in [2.05, 4.69) is 33.0 Å². The molecule has 2 atom stereocenters. The lowest BCUT2D eigenvalue weighted by Crippen LogP contribution is -2.41. The summed E-state index contributed by atoms with van der Waals surface area (Å²) in [6.07, 6.45) is 1.58.